The van der Waals surface area contributed by atoms with Gasteiger partial charge in [-0.2, -0.15) is 0 Å². The Morgan fingerprint density at radius 2 is 2.00 bits per heavy atom. The summed E-state index contributed by atoms with van der Waals surface area (Å²) in [5.74, 6) is 2.05. The standard InChI is InChI=1S/C19H26N4O2/c1-14-11-22(13-18-20-21-19(25-18)16-7-8-16)9-10-23(14)12-17(24)15-5-3-2-4-6-15/h2-6,14,16-17,24H,7-13H2,1H3. The summed E-state index contributed by atoms with van der Waals surface area (Å²) in [4.78, 5) is 4.72. The number of aromatic nitrogens is 2. The number of aliphatic hydroxyl groups is 1. The quantitative estimate of drug-likeness (QED) is 0.868. The molecule has 2 fully saturated rings. The molecule has 2 aliphatic rings. The summed E-state index contributed by atoms with van der Waals surface area (Å²) in [5.41, 5.74) is 0.982. The summed E-state index contributed by atoms with van der Waals surface area (Å²) in [6.07, 6.45) is 1.93. The van der Waals surface area contributed by atoms with Crippen LogP contribution in [0.25, 0.3) is 0 Å². The van der Waals surface area contributed by atoms with Crippen molar-refractivity contribution in [3.05, 3.63) is 47.7 Å². The van der Waals surface area contributed by atoms with Crippen LogP contribution < -0.4 is 0 Å². The summed E-state index contributed by atoms with van der Waals surface area (Å²) < 4.78 is 5.78. The lowest BCUT2D eigenvalue weighted by molar-refractivity contribution is 0.0334. The normalized spacial score (nSPS) is 23.7. The Kier molecular flexibility index (Phi) is 4.83. The van der Waals surface area contributed by atoms with Crippen LogP contribution in [-0.4, -0.2) is 57.3 Å². The second kappa shape index (κ2) is 7.23. The van der Waals surface area contributed by atoms with Gasteiger partial charge in [-0.25, -0.2) is 0 Å². The number of hydrogen-bond donors (Lipinski definition) is 1. The van der Waals surface area contributed by atoms with Gasteiger partial charge in [0.05, 0.1) is 12.6 Å². The molecule has 0 radical (unpaired) electrons. The van der Waals surface area contributed by atoms with E-state index in [9.17, 15) is 5.11 Å². The largest absolute Gasteiger partial charge is 0.424 e. The molecule has 1 N–H and O–H groups in total. The Hall–Kier alpha value is -1.76. The number of rotatable bonds is 6. The Labute approximate surface area is 148 Å². The van der Waals surface area contributed by atoms with Crippen molar-refractivity contribution in [1.82, 2.24) is 20.0 Å². The summed E-state index contributed by atoms with van der Waals surface area (Å²) in [6.45, 7) is 6.45. The van der Waals surface area contributed by atoms with E-state index in [1.807, 2.05) is 30.3 Å². The van der Waals surface area contributed by atoms with E-state index in [1.165, 1.54) is 12.8 Å². The second-order valence-electron chi connectivity index (χ2n) is 7.31. The van der Waals surface area contributed by atoms with Gasteiger partial charge in [0.15, 0.2) is 0 Å². The van der Waals surface area contributed by atoms with Crippen molar-refractivity contribution < 1.29 is 9.52 Å². The number of β-amino-alcohol motifs (C(OH)–C–C–N with tert-alkyl or cyclic N) is 1. The molecule has 1 aliphatic carbocycles. The van der Waals surface area contributed by atoms with Crippen LogP contribution in [0, 0.1) is 0 Å². The predicted octanol–water partition coefficient (Wildman–Crippen LogP) is 2.19. The van der Waals surface area contributed by atoms with Crippen molar-refractivity contribution in [2.75, 3.05) is 26.2 Å². The molecule has 6 nitrogen and oxygen atoms in total. The van der Waals surface area contributed by atoms with E-state index >= 15 is 0 Å². The van der Waals surface area contributed by atoms with Crippen LogP contribution >= 0.6 is 0 Å². The maximum Gasteiger partial charge on any atom is 0.230 e. The lowest BCUT2D eigenvalue weighted by Crippen LogP contribution is -2.52. The minimum Gasteiger partial charge on any atom is -0.424 e. The molecule has 4 rings (SSSR count). The van der Waals surface area contributed by atoms with Crippen LogP contribution in [0.2, 0.25) is 0 Å². The zero-order valence-electron chi connectivity index (χ0n) is 14.7. The van der Waals surface area contributed by atoms with Crippen molar-refractivity contribution >= 4 is 0 Å². The van der Waals surface area contributed by atoms with Gasteiger partial charge in [-0.3, -0.25) is 9.80 Å². The molecule has 0 spiro atoms. The van der Waals surface area contributed by atoms with Gasteiger partial charge in [0.25, 0.3) is 0 Å². The Morgan fingerprint density at radius 3 is 2.72 bits per heavy atom. The molecule has 6 heteroatoms. The minimum atomic E-state index is -0.438. The molecule has 1 saturated heterocycles. The molecule has 0 bridgehead atoms. The van der Waals surface area contributed by atoms with E-state index in [2.05, 4.69) is 26.9 Å². The summed E-state index contributed by atoms with van der Waals surface area (Å²) in [6, 6.07) is 10.3. The van der Waals surface area contributed by atoms with Crippen LogP contribution in [0.1, 0.15) is 49.1 Å². The van der Waals surface area contributed by atoms with Crippen LogP contribution in [0.5, 0.6) is 0 Å². The van der Waals surface area contributed by atoms with Gasteiger partial charge in [-0.1, -0.05) is 30.3 Å². The smallest absolute Gasteiger partial charge is 0.230 e. The van der Waals surface area contributed by atoms with E-state index in [0.717, 1.165) is 43.5 Å². The van der Waals surface area contributed by atoms with Gasteiger partial charge >= 0.3 is 0 Å². The van der Waals surface area contributed by atoms with Gasteiger partial charge in [-0.05, 0) is 25.3 Å². The highest BCUT2D eigenvalue weighted by Crippen LogP contribution is 2.39. The third kappa shape index (κ3) is 4.08. The molecule has 1 aliphatic heterocycles. The first-order chi connectivity index (χ1) is 12.2. The SMILES string of the molecule is CC1CN(Cc2nnc(C3CC3)o2)CCN1CC(O)c1ccccc1. The number of benzene rings is 1. The highest BCUT2D eigenvalue weighted by atomic mass is 16.4. The fraction of sp³-hybridized carbons (Fsp3) is 0.579. The second-order valence-corrected chi connectivity index (χ2v) is 7.31. The lowest BCUT2D eigenvalue weighted by Gasteiger charge is -2.40. The first-order valence-electron chi connectivity index (χ1n) is 9.20. The average Bonchev–Trinajstić information content (AvgIpc) is 3.38. The monoisotopic (exact) mass is 342 g/mol. The molecule has 2 unspecified atom stereocenters. The maximum atomic E-state index is 10.5. The molecule has 1 aromatic heterocycles. The van der Waals surface area contributed by atoms with Crippen LogP contribution in [0.4, 0.5) is 0 Å². The maximum absolute atomic E-state index is 10.5. The first kappa shape index (κ1) is 16.7. The zero-order chi connectivity index (χ0) is 17.2. The Balaban J connectivity index is 1.29. The molecule has 2 atom stereocenters. The molecule has 1 saturated carbocycles. The summed E-state index contributed by atoms with van der Waals surface area (Å²) in [7, 11) is 0. The number of nitrogens with zero attached hydrogens (tertiary/aromatic N) is 4. The molecule has 0 amide bonds. The Morgan fingerprint density at radius 1 is 1.20 bits per heavy atom. The molecular weight excluding hydrogens is 316 g/mol. The van der Waals surface area contributed by atoms with Crippen molar-refractivity contribution in [2.24, 2.45) is 0 Å². The molecule has 1 aromatic carbocycles. The van der Waals surface area contributed by atoms with E-state index in [-0.39, 0.29) is 0 Å². The van der Waals surface area contributed by atoms with Gasteiger partial charge in [0.1, 0.15) is 0 Å². The topological polar surface area (TPSA) is 65.6 Å². The zero-order valence-corrected chi connectivity index (χ0v) is 14.7. The Bertz CT molecular complexity index is 686. The van der Waals surface area contributed by atoms with Gasteiger partial charge in [-0.15, -0.1) is 10.2 Å². The van der Waals surface area contributed by atoms with E-state index in [4.69, 9.17) is 4.42 Å². The molecule has 2 heterocycles. The van der Waals surface area contributed by atoms with Crippen molar-refractivity contribution in [3.8, 4) is 0 Å². The first-order valence-corrected chi connectivity index (χ1v) is 9.20. The number of aliphatic hydroxyl groups excluding tert-OH is 1. The van der Waals surface area contributed by atoms with Gasteiger partial charge < -0.3 is 9.52 Å². The number of hydrogen-bond acceptors (Lipinski definition) is 6. The highest BCUT2D eigenvalue weighted by Gasteiger charge is 2.30. The highest BCUT2D eigenvalue weighted by molar-refractivity contribution is 5.17. The van der Waals surface area contributed by atoms with Crippen LogP contribution in [-0.2, 0) is 6.54 Å². The van der Waals surface area contributed by atoms with Crippen molar-refractivity contribution in [1.29, 1.82) is 0 Å². The number of piperazine rings is 1. The summed E-state index contributed by atoms with van der Waals surface area (Å²) >= 11 is 0. The van der Waals surface area contributed by atoms with Crippen molar-refractivity contribution in [3.63, 3.8) is 0 Å². The predicted molar refractivity (Wildman–Crippen MR) is 94.0 cm³/mol. The molecule has 25 heavy (non-hydrogen) atoms. The third-order valence-corrected chi connectivity index (χ3v) is 5.21. The van der Waals surface area contributed by atoms with E-state index in [1.54, 1.807) is 0 Å². The molecular formula is C19H26N4O2. The lowest BCUT2D eigenvalue weighted by atomic mass is 10.1. The van der Waals surface area contributed by atoms with E-state index in [0.29, 0.717) is 18.5 Å². The van der Waals surface area contributed by atoms with Crippen LogP contribution in [0.3, 0.4) is 0 Å². The minimum absolute atomic E-state index is 0.387. The van der Waals surface area contributed by atoms with Gasteiger partial charge in [0, 0.05) is 38.1 Å². The average molecular weight is 342 g/mol. The fourth-order valence-corrected chi connectivity index (χ4v) is 3.51. The summed E-state index contributed by atoms with van der Waals surface area (Å²) in [5, 5.41) is 18.8. The third-order valence-electron chi connectivity index (χ3n) is 5.21. The van der Waals surface area contributed by atoms with Crippen LogP contribution in [0.15, 0.2) is 34.7 Å². The molecule has 134 valence electrons. The van der Waals surface area contributed by atoms with Gasteiger partial charge in [0.2, 0.25) is 11.8 Å². The van der Waals surface area contributed by atoms with Crippen molar-refractivity contribution in [2.45, 2.75) is 44.4 Å². The molecule has 2 aromatic rings. The fourth-order valence-electron chi connectivity index (χ4n) is 3.51. The van der Waals surface area contributed by atoms with E-state index < -0.39 is 6.10 Å².